The Balaban J connectivity index is 3.47. The molecule has 5 heteroatoms. The Bertz CT molecular complexity index is 183. The summed E-state index contributed by atoms with van der Waals surface area (Å²) in [4.78, 5) is 20.8. The molecule has 0 fully saturated rings. The minimum atomic E-state index is -0.991. The van der Waals surface area contributed by atoms with E-state index in [1.54, 1.807) is 0 Å². The number of hydrogen-bond donors (Lipinski definition) is 2. The Morgan fingerprint density at radius 2 is 2.00 bits per heavy atom. The number of amides is 1. The summed E-state index contributed by atoms with van der Waals surface area (Å²) in [5.41, 5.74) is 0. The smallest absolute Gasteiger partial charge is 0.303 e. The SMILES string of the molecule is C=C(Cl)CNC(=O)CCC(=O)O. The molecule has 12 heavy (non-hydrogen) atoms. The quantitative estimate of drug-likeness (QED) is 0.673. The number of carbonyl (C=O) groups excluding carboxylic acids is 1. The lowest BCUT2D eigenvalue weighted by Gasteiger charge is -2.00. The van der Waals surface area contributed by atoms with Crippen LogP contribution >= 0.6 is 11.6 Å². The minimum Gasteiger partial charge on any atom is -0.481 e. The van der Waals surface area contributed by atoms with Crippen LogP contribution in [0.1, 0.15) is 12.8 Å². The van der Waals surface area contributed by atoms with E-state index in [-0.39, 0.29) is 25.3 Å². The molecule has 0 spiro atoms. The minimum absolute atomic E-state index is 0.0283. The van der Waals surface area contributed by atoms with Crippen LogP contribution in [0.2, 0.25) is 0 Å². The number of hydrogen-bond acceptors (Lipinski definition) is 2. The first-order valence-electron chi connectivity index (χ1n) is 3.34. The van der Waals surface area contributed by atoms with Gasteiger partial charge >= 0.3 is 5.97 Å². The monoisotopic (exact) mass is 191 g/mol. The number of halogens is 1. The first-order chi connectivity index (χ1) is 5.52. The lowest BCUT2D eigenvalue weighted by molar-refractivity contribution is -0.138. The Morgan fingerprint density at radius 3 is 2.42 bits per heavy atom. The molecule has 0 bridgehead atoms. The van der Waals surface area contributed by atoms with Crippen LogP contribution in [0.15, 0.2) is 11.6 Å². The summed E-state index contributed by atoms with van der Waals surface area (Å²) in [6.45, 7) is 3.54. The van der Waals surface area contributed by atoms with Gasteiger partial charge < -0.3 is 10.4 Å². The van der Waals surface area contributed by atoms with Gasteiger partial charge in [0.25, 0.3) is 0 Å². The summed E-state index contributed by atoms with van der Waals surface area (Å²) in [5, 5.41) is 10.9. The molecule has 0 atom stereocenters. The molecule has 0 saturated heterocycles. The summed E-state index contributed by atoms with van der Waals surface area (Å²) < 4.78 is 0. The fourth-order valence-corrected chi connectivity index (χ4v) is 0.570. The van der Waals surface area contributed by atoms with Crippen LogP contribution in [0.4, 0.5) is 0 Å². The van der Waals surface area contributed by atoms with Gasteiger partial charge in [0.05, 0.1) is 13.0 Å². The zero-order valence-electron chi connectivity index (χ0n) is 6.47. The van der Waals surface area contributed by atoms with E-state index in [9.17, 15) is 9.59 Å². The van der Waals surface area contributed by atoms with Crippen LogP contribution in [-0.4, -0.2) is 23.5 Å². The Hall–Kier alpha value is -1.03. The Labute approximate surface area is 75.2 Å². The van der Waals surface area contributed by atoms with Gasteiger partial charge in [-0.2, -0.15) is 0 Å². The third-order valence-electron chi connectivity index (χ3n) is 1.04. The molecule has 2 N–H and O–H groups in total. The van der Waals surface area contributed by atoms with Crippen molar-refractivity contribution in [3.8, 4) is 0 Å². The molecule has 0 aromatic heterocycles. The van der Waals surface area contributed by atoms with E-state index >= 15 is 0 Å². The van der Waals surface area contributed by atoms with E-state index in [2.05, 4.69) is 11.9 Å². The second kappa shape index (κ2) is 5.60. The van der Waals surface area contributed by atoms with E-state index in [1.165, 1.54) is 0 Å². The highest BCUT2D eigenvalue weighted by Gasteiger charge is 2.03. The first-order valence-corrected chi connectivity index (χ1v) is 3.72. The average Bonchev–Trinajstić information content (AvgIpc) is 1.96. The van der Waals surface area contributed by atoms with Gasteiger partial charge in [0.1, 0.15) is 0 Å². The summed E-state index contributed by atoms with van der Waals surface area (Å²) in [6, 6.07) is 0. The van der Waals surface area contributed by atoms with E-state index in [0.717, 1.165) is 0 Å². The summed E-state index contributed by atoms with van der Waals surface area (Å²) in [5.74, 6) is -1.32. The predicted molar refractivity (Wildman–Crippen MR) is 44.9 cm³/mol. The maximum atomic E-state index is 10.8. The van der Waals surface area contributed by atoms with Crippen LogP contribution in [0, 0.1) is 0 Å². The second-order valence-electron chi connectivity index (χ2n) is 2.19. The highest BCUT2D eigenvalue weighted by molar-refractivity contribution is 6.29. The van der Waals surface area contributed by atoms with Crippen molar-refractivity contribution >= 4 is 23.5 Å². The normalized spacial score (nSPS) is 9.08. The molecule has 0 aliphatic rings. The van der Waals surface area contributed by atoms with Crippen LogP contribution in [-0.2, 0) is 9.59 Å². The molecule has 0 aliphatic heterocycles. The van der Waals surface area contributed by atoms with E-state index in [4.69, 9.17) is 16.7 Å². The average molecular weight is 192 g/mol. The Morgan fingerprint density at radius 1 is 1.42 bits per heavy atom. The molecular weight excluding hydrogens is 182 g/mol. The summed E-state index contributed by atoms with van der Waals surface area (Å²) in [6.07, 6.45) is -0.194. The number of carboxylic acid groups (broad SMARTS) is 1. The third-order valence-corrected chi connectivity index (χ3v) is 1.18. The van der Waals surface area contributed by atoms with Crippen molar-refractivity contribution in [1.29, 1.82) is 0 Å². The predicted octanol–water partition coefficient (Wildman–Crippen LogP) is 0.720. The van der Waals surface area contributed by atoms with Crippen LogP contribution in [0.5, 0.6) is 0 Å². The van der Waals surface area contributed by atoms with Crippen LogP contribution < -0.4 is 5.32 Å². The van der Waals surface area contributed by atoms with Gasteiger partial charge in [-0.15, -0.1) is 0 Å². The lowest BCUT2D eigenvalue weighted by Crippen LogP contribution is -2.24. The number of nitrogens with one attached hydrogen (secondary N) is 1. The number of carboxylic acids is 1. The maximum absolute atomic E-state index is 10.8. The van der Waals surface area contributed by atoms with Crippen molar-refractivity contribution in [1.82, 2.24) is 5.32 Å². The molecule has 0 aromatic rings. The van der Waals surface area contributed by atoms with Gasteiger partial charge in [0, 0.05) is 11.5 Å². The maximum Gasteiger partial charge on any atom is 0.303 e. The van der Waals surface area contributed by atoms with Gasteiger partial charge in [0.15, 0.2) is 0 Å². The van der Waals surface area contributed by atoms with Gasteiger partial charge in [-0.3, -0.25) is 9.59 Å². The van der Waals surface area contributed by atoms with Gasteiger partial charge in [-0.05, 0) is 0 Å². The topological polar surface area (TPSA) is 66.4 Å². The second-order valence-corrected chi connectivity index (χ2v) is 2.72. The van der Waals surface area contributed by atoms with Crippen molar-refractivity contribution in [3.63, 3.8) is 0 Å². The molecular formula is C7H10ClNO3. The van der Waals surface area contributed by atoms with Crippen molar-refractivity contribution in [2.45, 2.75) is 12.8 Å². The van der Waals surface area contributed by atoms with Gasteiger partial charge in [0.2, 0.25) is 5.91 Å². The molecule has 0 saturated carbocycles. The van der Waals surface area contributed by atoms with Gasteiger partial charge in [-0.25, -0.2) is 0 Å². The molecule has 68 valence electrons. The third kappa shape index (κ3) is 7.08. The summed E-state index contributed by atoms with van der Waals surface area (Å²) >= 11 is 5.36. The summed E-state index contributed by atoms with van der Waals surface area (Å²) in [7, 11) is 0. The number of aliphatic carboxylic acids is 1. The lowest BCUT2D eigenvalue weighted by atomic mass is 10.3. The molecule has 0 rings (SSSR count). The van der Waals surface area contributed by atoms with Gasteiger partial charge in [-0.1, -0.05) is 18.2 Å². The van der Waals surface area contributed by atoms with Crippen LogP contribution in [0.3, 0.4) is 0 Å². The molecule has 0 unspecified atom stereocenters. The van der Waals surface area contributed by atoms with Crippen molar-refractivity contribution in [3.05, 3.63) is 11.6 Å². The van der Waals surface area contributed by atoms with E-state index in [1.807, 2.05) is 0 Å². The molecule has 0 aliphatic carbocycles. The van der Waals surface area contributed by atoms with Crippen LogP contribution in [0.25, 0.3) is 0 Å². The zero-order chi connectivity index (χ0) is 9.56. The number of rotatable bonds is 5. The highest BCUT2D eigenvalue weighted by Crippen LogP contribution is 1.94. The molecule has 0 heterocycles. The molecule has 4 nitrogen and oxygen atoms in total. The zero-order valence-corrected chi connectivity index (χ0v) is 7.23. The number of carbonyl (C=O) groups is 2. The fourth-order valence-electron chi connectivity index (χ4n) is 0.503. The Kier molecular flexibility index (Phi) is 5.12. The van der Waals surface area contributed by atoms with Crippen molar-refractivity contribution in [2.24, 2.45) is 0 Å². The van der Waals surface area contributed by atoms with Crippen molar-refractivity contribution in [2.75, 3.05) is 6.54 Å². The van der Waals surface area contributed by atoms with E-state index in [0.29, 0.717) is 5.03 Å². The molecule has 0 radical (unpaired) electrons. The highest BCUT2D eigenvalue weighted by atomic mass is 35.5. The van der Waals surface area contributed by atoms with Crippen molar-refractivity contribution < 1.29 is 14.7 Å². The molecule has 1 amide bonds. The largest absolute Gasteiger partial charge is 0.481 e. The standard InChI is InChI=1S/C7H10ClNO3/c1-5(8)4-9-6(10)2-3-7(11)12/h1-4H2,(H,9,10)(H,11,12). The first kappa shape index (κ1) is 11.0. The molecule has 0 aromatic carbocycles. The van der Waals surface area contributed by atoms with E-state index < -0.39 is 5.97 Å². The fraction of sp³-hybridized carbons (Fsp3) is 0.429.